The summed E-state index contributed by atoms with van der Waals surface area (Å²) in [6, 6.07) is 10.0. The Morgan fingerprint density at radius 1 is 1.24 bits per heavy atom. The molecule has 0 atom stereocenters. The Balaban J connectivity index is 1.81. The van der Waals surface area contributed by atoms with Gasteiger partial charge in [-0.2, -0.15) is 0 Å². The van der Waals surface area contributed by atoms with Gasteiger partial charge in [-0.05, 0) is 48.4 Å². The summed E-state index contributed by atoms with van der Waals surface area (Å²) in [5, 5.41) is 15.0. The van der Waals surface area contributed by atoms with E-state index in [4.69, 9.17) is 0 Å². The lowest BCUT2D eigenvalue weighted by atomic mass is 10.1. The first-order valence-corrected chi connectivity index (χ1v) is 6.57. The van der Waals surface area contributed by atoms with Crippen molar-refractivity contribution < 1.29 is 14.7 Å². The van der Waals surface area contributed by atoms with Crippen LogP contribution >= 0.6 is 0 Å². The molecule has 0 spiro atoms. The van der Waals surface area contributed by atoms with Crippen LogP contribution in [0.2, 0.25) is 0 Å². The van der Waals surface area contributed by atoms with Gasteiger partial charge in [0.05, 0.1) is 6.42 Å². The molecule has 1 aliphatic heterocycles. The van der Waals surface area contributed by atoms with Crippen LogP contribution in [0.5, 0.6) is 5.75 Å². The lowest BCUT2D eigenvalue weighted by Crippen LogP contribution is -2.12. The minimum Gasteiger partial charge on any atom is -0.508 e. The van der Waals surface area contributed by atoms with E-state index in [0.29, 0.717) is 28.9 Å². The van der Waals surface area contributed by atoms with Crippen molar-refractivity contribution in [1.29, 1.82) is 0 Å². The number of phenols is 1. The summed E-state index contributed by atoms with van der Waals surface area (Å²) >= 11 is 0. The molecule has 0 aliphatic carbocycles. The molecule has 2 aromatic rings. The van der Waals surface area contributed by atoms with E-state index >= 15 is 0 Å². The molecule has 0 fully saturated rings. The highest BCUT2D eigenvalue weighted by atomic mass is 16.3. The van der Waals surface area contributed by atoms with Crippen molar-refractivity contribution in [3.8, 4) is 5.75 Å². The molecule has 0 aromatic heterocycles. The maximum absolute atomic E-state index is 12.2. The van der Waals surface area contributed by atoms with Gasteiger partial charge < -0.3 is 15.7 Å². The van der Waals surface area contributed by atoms with E-state index in [9.17, 15) is 14.7 Å². The van der Waals surface area contributed by atoms with Crippen molar-refractivity contribution >= 4 is 23.2 Å². The first-order valence-electron chi connectivity index (χ1n) is 6.57. The summed E-state index contributed by atoms with van der Waals surface area (Å²) in [5.41, 5.74) is 3.36. The average molecular weight is 282 g/mol. The highest BCUT2D eigenvalue weighted by Crippen LogP contribution is 2.25. The van der Waals surface area contributed by atoms with Gasteiger partial charge >= 0.3 is 0 Å². The number of hydrogen-bond acceptors (Lipinski definition) is 3. The molecule has 3 rings (SSSR count). The third kappa shape index (κ3) is 2.58. The molecule has 0 saturated heterocycles. The monoisotopic (exact) mass is 282 g/mol. The predicted octanol–water partition coefficient (Wildman–Crippen LogP) is 2.45. The van der Waals surface area contributed by atoms with Gasteiger partial charge in [0.15, 0.2) is 0 Å². The van der Waals surface area contributed by atoms with Crippen LogP contribution in [0.3, 0.4) is 0 Å². The van der Waals surface area contributed by atoms with Crippen molar-refractivity contribution in [3.63, 3.8) is 0 Å². The van der Waals surface area contributed by atoms with Gasteiger partial charge in [-0.15, -0.1) is 0 Å². The van der Waals surface area contributed by atoms with Gasteiger partial charge in [-0.25, -0.2) is 0 Å². The lowest BCUT2D eigenvalue weighted by Gasteiger charge is -2.08. The number of fused-ring (bicyclic) bond motifs is 1. The van der Waals surface area contributed by atoms with E-state index in [0.717, 1.165) is 5.56 Å². The molecule has 0 unspecified atom stereocenters. The van der Waals surface area contributed by atoms with Crippen molar-refractivity contribution in [2.24, 2.45) is 0 Å². The standard InChI is InChI=1S/C16H14N2O3/c1-9-6-12(4-5-14(9)19)17-16(21)11-3-2-10-8-15(20)18-13(10)7-11/h2-7,19H,8H2,1H3,(H,17,21)(H,18,20). The van der Waals surface area contributed by atoms with Gasteiger partial charge in [0.2, 0.25) is 5.91 Å². The van der Waals surface area contributed by atoms with Crippen molar-refractivity contribution in [1.82, 2.24) is 0 Å². The Labute approximate surface area is 121 Å². The second kappa shape index (κ2) is 4.94. The molecule has 2 amide bonds. The summed E-state index contributed by atoms with van der Waals surface area (Å²) in [5.74, 6) is -0.131. The number of amides is 2. The fourth-order valence-electron chi connectivity index (χ4n) is 2.29. The van der Waals surface area contributed by atoms with Crippen molar-refractivity contribution in [2.75, 3.05) is 10.6 Å². The summed E-state index contributed by atoms with van der Waals surface area (Å²) in [6.07, 6.45) is 0.356. The molecule has 1 aliphatic rings. The minimum absolute atomic E-state index is 0.0586. The second-order valence-electron chi connectivity index (χ2n) is 5.05. The van der Waals surface area contributed by atoms with E-state index < -0.39 is 0 Å². The molecule has 5 heteroatoms. The Bertz CT molecular complexity index is 753. The number of rotatable bonds is 2. The van der Waals surface area contributed by atoms with Crippen LogP contribution < -0.4 is 10.6 Å². The van der Waals surface area contributed by atoms with Gasteiger partial charge in [0, 0.05) is 16.9 Å². The van der Waals surface area contributed by atoms with Crippen LogP contribution in [-0.4, -0.2) is 16.9 Å². The molecule has 1 heterocycles. The minimum atomic E-state index is -0.260. The number of hydrogen-bond donors (Lipinski definition) is 3. The normalized spacial score (nSPS) is 12.7. The quantitative estimate of drug-likeness (QED) is 0.740. The van der Waals surface area contributed by atoms with E-state index in [1.54, 1.807) is 37.3 Å². The fraction of sp³-hybridized carbons (Fsp3) is 0.125. The van der Waals surface area contributed by atoms with Gasteiger partial charge in [0.25, 0.3) is 5.91 Å². The zero-order valence-corrected chi connectivity index (χ0v) is 11.4. The third-order valence-corrected chi connectivity index (χ3v) is 3.45. The summed E-state index contributed by atoms with van der Waals surface area (Å²) in [4.78, 5) is 23.5. The molecule has 0 radical (unpaired) electrons. The highest BCUT2D eigenvalue weighted by molar-refractivity contribution is 6.07. The predicted molar refractivity (Wildman–Crippen MR) is 79.6 cm³/mol. The Morgan fingerprint density at radius 3 is 2.81 bits per heavy atom. The zero-order valence-electron chi connectivity index (χ0n) is 11.4. The molecule has 0 saturated carbocycles. The van der Waals surface area contributed by atoms with Crippen LogP contribution in [0, 0.1) is 6.92 Å². The van der Waals surface area contributed by atoms with E-state index in [1.165, 1.54) is 6.07 Å². The summed E-state index contributed by atoms with van der Waals surface area (Å²) < 4.78 is 0. The second-order valence-corrected chi connectivity index (χ2v) is 5.05. The summed E-state index contributed by atoms with van der Waals surface area (Å²) in [7, 11) is 0. The third-order valence-electron chi connectivity index (χ3n) is 3.45. The SMILES string of the molecule is Cc1cc(NC(=O)c2ccc3c(c2)NC(=O)C3)ccc1O. The average Bonchev–Trinajstić information content (AvgIpc) is 2.82. The Morgan fingerprint density at radius 2 is 2.05 bits per heavy atom. The topological polar surface area (TPSA) is 78.4 Å². The maximum Gasteiger partial charge on any atom is 0.255 e. The molecule has 3 N–H and O–H groups in total. The molecular weight excluding hydrogens is 268 g/mol. The number of carbonyl (C=O) groups excluding carboxylic acids is 2. The molecule has 5 nitrogen and oxygen atoms in total. The van der Waals surface area contributed by atoms with Crippen molar-refractivity contribution in [3.05, 3.63) is 53.1 Å². The molecular formula is C16H14N2O3. The number of phenolic OH excluding ortho intramolecular Hbond substituents is 1. The fourth-order valence-corrected chi connectivity index (χ4v) is 2.29. The Kier molecular flexibility index (Phi) is 3.10. The zero-order chi connectivity index (χ0) is 15.0. The summed E-state index contributed by atoms with van der Waals surface area (Å²) in [6.45, 7) is 1.76. The highest BCUT2D eigenvalue weighted by Gasteiger charge is 2.19. The first-order chi connectivity index (χ1) is 10.0. The van der Waals surface area contributed by atoms with E-state index in [1.807, 2.05) is 0 Å². The lowest BCUT2D eigenvalue weighted by molar-refractivity contribution is -0.115. The van der Waals surface area contributed by atoms with E-state index in [-0.39, 0.29) is 17.6 Å². The van der Waals surface area contributed by atoms with Gasteiger partial charge in [-0.3, -0.25) is 9.59 Å². The molecule has 21 heavy (non-hydrogen) atoms. The van der Waals surface area contributed by atoms with Crippen molar-refractivity contribution in [2.45, 2.75) is 13.3 Å². The molecule has 2 aromatic carbocycles. The molecule has 0 bridgehead atoms. The number of aryl methyl sites for hydroxylation is 1. The largest absolute Gasteiger partial charge is 0.508 e. The van der Waals surface area contributed by atoms with Gasteiger partial charge in [-0.1, -0.05) is 6.07 Å². The van der Waals surface area contributed by atoms with Crippen LogP contribution in [0.15, 0.2) is 36.4 Å². The number of carbonyl (C=O) groups is 2. The van der Waals surface area contributed by atoms with E-state index in [2.05, 4.69) is 10.6 Å². The Hall–Kier alpha value is -2.82. The van der Waals surface area contributed by atoms with Gasteiger partial charge in [0.1, 0.15) is 5.75 Å². The maximum atomic E-state index is 12.2. The smallest absolute Gasteiger partial charge is 0.255 e. The first kappa shape index (κ1) is 13.2. The van der Waals surface area contributed by atoms with Crippen LogP contribution in [-0.2, 0) is 11.2 Å². The molecule has 106 valence electrons. The van der Waals surface area contributed by atoms with Crippen LogP contribution in [0.1, 0.15) is 21.5 Å². The number of nitrogens with one attached hydrogen (secondary N) is 2. The van der Waals surface area contributed by atoms with Crippen LogP contribution in [0.25, 0.3) is 0 Å². The number of benzene rings is 2. The number of anilines is 2. The number of aromatic hydroxyl groups is 1. The van der Waals surface area contributed by atoms with Crippen LogP contribution in [0.4, 0.5) is 11.4 Å².